The molecule has 0 aliphatic heterocycles. The molecular weight excluding hydrogens is 280 g/mol. The first-order chi connectivity index (χ1) is 10.5. The first-order valence-corrected chi connectivity index (χ1v) is 7.37. The normalized spacial score (nSPS) is 10.5. The molecule has 116 valence electrons. The maximum atomic E-state index is 12.3. The van der Waals surface area contributed by atoms with Crippen LogP contribution >= 0.6 is 0 Å². The highest BCUT2D eigenvalue weighted by atomic mass is 16.5. The van der Waals surface area contributed by atoms with Crippen molar-refractivity contribution in [1.82, 2.24) is 0 Å². The molecule has 0 aromatic heterocycles. The van der Waals surface area contributed by atoms with Gasteiger partial charge in [-0.25, -0.2) is 9.59 Å². The van der Waals surface area contributed by atoms with Crippen LogP contribution in [0, 0.1) is 13.8 Å². The van der Waals surface area contributed by atoms with Gasteiger partial charge in [0.05, 0.1) is 24.3 Å². The average Bonchev–Trinajstić information content (AvgIpc) is 2.47. The number of benzene rings is 2. The van der Waals surface area contributed by atoms with Crippen molar-refractivity contribution in [2.75, 3.05) is 13.2 Å². The molecule has 0 bridgehead atoms. The van der Waals surface area contributed by atoms with E-state index in [-0.39, 0.29) is 6.61 Å². The van der Waals surface area contributed by atoms with Crippen molar-refractivity contribution < 1.29 is 19.1 Å². The summed E-state index contributed by atoms with van der Waals surface area (Å²) < 4.78 is 10.2. The topological polar surface area (TPSA) is 52.6 Å². The third-order valence-corrected chi connectivity index (χ3v) is 3.53. The Labute approximate surface area is 130 Å². The molecule has 0 aliphatic rings. The zero-order valence-corrected chi connectivity index (χ0v) is 13.4. The van der Waals surface area contributed by atoms with Crippen molar-refractivity contribution in [2.45, 2.75) is 27.7 Å². The van der Waals surface area contributed by atoms with Crippen LogP contribution in [0.1, 0.15) is 45.7 Å². The van der Waals surface area contributed by atoms with Gasteiger partial charge in [0, 0.05) is 0 Å². The van der Waals surface area contributed by atoms with Crippen molar-refractivity contribution in [1.29, 1.82) is 0 Å². The van der Waals surface area contributed by atoms with Gasteiger partial charge in [0.25, 0.3) is 0 Å². The average molecular weight is 300 g/mol. The second-order valence-corrected chi connectivity index (χ2v) is 5.09. The second-order valence-electron chi connectivity index (χ2n) is 5.09. The van der Waals surface area contributed by atoms with Crippen LogP contribution in [0.3, 0.4) is 0 Å². The summed E-state index contributed by atoms with van der Waals surface area (Å²) in [6, 6.07) is 7.55. The van der Waals surface area contributed by atoms with Crippen LogP contribution < -0.4 is 0 Å². The van der Waals surface area contributed by atoms with Crippen molar-refractivity contribution in [3.05, 3.63) is 46.5 Å². The molecule has 0 saturated heterocycles. The van der Waals surface area contributed by atoms with E-state index in [1.165, 1.54) is 0 Å². The molecule has 22 heavy (non-hydrogen) atoms. The molecule has 0 amide bonds. The standard InChI is InChI=1S/C18H20O4/c1-5-21-17(19)14-10-13-8-7-11(3)9-15(13)16(12(14)4)18(20)22-6-2/h7-10H,5-6H2,1-4H3. The molecule has 2 rings (SSSR count). The molecule has 0 spiro atoms. The number of hydrogen-bond acceptors (Lipinski definition) is 4. The smallest absolute Gasteiger partial charge is 0.339 e. The summed E-state index contributed by atoms with van der Waals surface area (Å²) in [4.78, 5) is 24.5. The van der Waals surface area contributed by atoms with Gasteiger partial charge in [0.15, 0.2) is 0 Å². The van der Waals surface area contributed by atoms with Crippen molar-refractivity contribution in [3.63, 3.8) is 0 Å². The number of carbonyl (C=O) groups excluding carboxylic acids is 2. The monoisotopic (exact) mass is 300 g/mol. The van der Waals surface area contributed by atoms with Crippen LogP contribution in [0.4, 0.5) is 0 Å². The maximum Gasteiger partial charge on any atom is 0.339 e. The Hall–Kier alpha value is -2.36. The van der Waals surface area contributed by atoms with Gasteiger partial charge in [-0.05, 0) is 50.1 Å². The van der Waals surface area contributed by atoms with Gasteiger partial charge in [-0.2, -0.15) is 0 Å². The Morgan fingerprint density at radius 3 is 2.23 bits per heavy atom. The van der Waals surface area contributed by atoms with Gasteiger partial charge in [-0.15, -0.1) is 0 Å². The van der Waals surface area contributed by atoms with Gasteiger partial charge in [-0.1, -0.05) is 23.8 Å². The fraction of sp³-hybridized carbons (Fsp3) is 0.333. The van der Waals surface area contributed by atoms with Crippen molar-refractivity contribution in [2.24, 2.45) is 0 Å². The number of aryl methyl sites for hydroxylation is 1. The summed E-state index contributed by atoms with van der Waals surface area (Å²) in [5, 5.41) is 1.62. The molecule has 4 heteroatoms. The number of rotatable bonds is 4. The van der Waals surface area contributed by atoms with Crippen LogP contribution in [0.25, 0.3) is 10.8 Å². The van der Waals surface area contributed by atoms with Gasteiger partial charge in [0.2, 0.25) is 0 Å². The second kappa shape index (κ2) is 6.60. The number of esters is 2. The van der Waals surface area contributed by atoms with E-state index in [9.17, 15) is 9.59 Å². The van der Waals surface area contributed by atoms with Crippen molar-refractivity contribution in [3.8, 4) is 0 Å². The zero-order chi connectivity index (χ0) is 16.3. The number of ether oxygens (including phenoxy) is 2. The fourth-order valence-electron chi connectivity index (χ4n) is 2.50. The molecule has 0 aliphatic carbocycles. The molecule has 0 unspecified atom stereocenters. The Kier molecular flexibility index (Phi) is 4.81. The van der Waals surface area contributed by atoms with Gasteiger partial charge < -0.3 is 9.47 Å². The van der Waals surface area contributed by atoms with E-state index in [4.69, 9.17) is 9.47 Å². The third-order valence-electron chi connectivity index (χ3n) is 3.53. The minimum atomic E-state index is -0.423. The maximum absolute atomic E-state index is 12.3. The zero-order valence-electron chi connectivity index (χ0n) is 13.4. The minimum absolute atomic E-state index is 0.287. The Morgan fingerprint density at radius 2 is 1.59 bits per heavy atom. The summed E-state index contributed by atoms with van der Waals surface area (Å²) in [6.07, 6.45) is 0. The van der Waals surface area contributed by atoms with E-state index in [0.29, 0.717) is 23.3 Å². The summed E-state index contributed by atoms with van der Waals surface area (Å²) >= 11 is 0. The molecule has 4 nitrogen and oxygen atoms in total. The quantitative estimate of drug-likeness (QED) is 0.806. The molecule has 2 aromatic carbocycles. The van der Waals surface area contributed by atoms with Crippen LogP contribution in [0.15, 0.2) is 24.3 Å². The van der Waals surface area contributed by atoms with E-state index in [1.54, 1.807) is 26.8 Å². The Balaban J connectivity index is 2.75. The summed E-state index contributed by atoms with van der Waals surface area (Å²) in [5.74, 6) is -0.838. The predicted molar refractivity (Wildman–Crippen MR) is 85.3 cm³/mol. The lowest BCUT2D eigenvalue weighted by atomic mass is 9.94. The Bertz CT molecular complexity index is 731. The van der Waals surface area contributed by atoms with Gasteiger partial charge >= 0.3 is 11.9 Å². The molecule has 0 atom stereocenters. The van der Waals surface area contributed by atoms with E-state index < -0.39 is 11.9 Å². The highest BCUT2D eigenvalue weighted by Crippen LogP contribution is 2.28. The summed E-state index contributed by atoms with van der Waals surface area (Å²) in [5.41, 5.74) is 2.48. The minimum Gasteiger partial charge on any atom is -0.462 e. The van der Waals surface area contributed by atoms with Crippen LogP contribution in [-0.4, -0.2) is 25.2 Å². The lowest BCUT2D eigenvalue weighted by Gasteiger charge is -2.14. The predicted octanol–water partition coefficient (Wildman–Crippen LogP) is 3.81. The molecule has 0 N–H and O–H groups in total. The summed E-state index contributed by atoms with van der Waals surface area (Å²) in [7, 11) is 0. The Morgan fingerprint density at radius 1 is 0.955 bits per heavy atom. The molecule has 0 heterocycles. The van der Waals surface area contributed by atoms with Crippen LogP contribution in [0.2, 0.25) is 0 Å². The van der Waals surface area contributed by atoms with Crippen LogP contribution in [-0.2, 0) is 9.47 Å². The van der Waals surface area contributed by atoms with Crippen LogP contribution in [0.5, 0.6) is 0 Å². The fourth-order valence-corrected chi connectivity index (χ4v) is 2.50. The molecule has 0 fully saturated rings. The molecule has 0 radical (unpaired) electrons. The van der Waals surface area contributed by atoms with E-state index in [1.807, 2.05) is 25.1 Å². The lowest BCUT2D eigenvalue weighted by Crippen LogP contribution is -2.13. The summed E-state index contributed by atoms with van der Waals surface area (Å²) in [6.45, 7) is 7.80. The number of fused-ring (bicyclic) bond motifs is 1. The molecular formula is C18H20O4. The first-order valence-electron chi connectivity index (χ1n) is 7.37. The van der Waals surface area contributed by atoms with E-state index >= 15 is 0 Å². The highest BCUT2D eigenvalue weighted by Gasteiger charge is 2.21. The lowest BCUT2D eigenvalue weighted by molar-refractivity contribution is 0.0525. The number of carbonyl (C=O) groups is 2. The molecule has 0 saturated carbocycles. The SMILES string of the molecule is CCOC(=O)c1cc2ccc(C)cc2c(C(=O)OCC)c1C. The largest absolute Gasteiger partial charge is 0.462 e. The van der Waals surface area contributed by atoms with Gasteiger partial charge in [0.1, 0.15) is 0 Å². The highest BCUT2D eigenvalue weighted by molar-refractivity contribution is 6.10. The first kappa shape index (κ1) is 16.0. The van der Waals surface area contributed by atoms with E-state index in [0.717, 1.165) is 16.3 Å². The molecule has 2 aromatic rings. The van der Waals surface area contributed by atoms with Gasteiger partial charge in [-0.3, -0.25) is 0 Å². The number of hydrogen-bond donors (Lipinski definition) is 0. The van der Waals surface area contributed by atoms with Crippen molar-refractivity contribution >= 4 is 22.7 Å². The third kappa shape index (κ3) is 2.96. The van der Waals surface area contributed by atoms with E-state index in [2.05, 4.69) is 0 Å².